The van der Waals surface area contributed by atoms with E-state index in [0.29, 0.717) is 23.5 Å². The lowest BCUT2D eigenvalue weighted by Gasteiger charge is -2.41. The van der Waals surface area contributed by atoms with Gasteiger partial charge in [-0.25, -0.2) is 4.79 Å². The maximum absolute atomic E-state index is 11.2. The fourth-order valence-corrected chi connectivity index (χ4v) is 3.18. The normalized spacial score (nSPS) is 31.9. The van der Waals surface area contributed by atoms with Crippen molar-refractivity contribution in [2.75, 3.05) is 6.79 Å². The van der Waals surface area contributed by atoms with Gasteiger partial charge in [0.15, 0.2) is 6.79 Å². The minimum absolute atomic E-state index is 0.0867. The van der Waals surface area contributed by atoms with Crippen molar-refractivity contribution >= 4 is 5.97 Å². The highest BCUT2D eigenvalue weighted by Gasteiger charge is 2.37. The lowest BCUT2D eigenvalue weighted by atomic mass is 9.70. The zero-order valence-corrected chi connectivity index (χ0v) is 10.6. The molecule has 0 aliphatic heterocycles. The highest BCUT2D eigenvalue weighted by molar-refractivity contribution is 5.86. The molecule has 0 N–H and O–H groups in total. The van der Waals surface area contributed by atoms with E-state index in [4.69, 9.17) is 9.47 Å². The van der Waals surface area contributed by atoms with Crippen molar-refractivity contribution in [3.05, 3.63) is 12.2 Å². The Morgan fingerprint density at radius 2 is 1.71 bits per heavy atom. The molecule has 0 amide bonds. The third-order valence-electron chi connectivity index (χ3n) is 4.03. The Morgan fingerprint density at radius 3 is 2.18 bits per heavy atom. The van der Waals surface area contributed by atoms with Crippen molar-refractivity contribution in [3.63, 3.8) is 0 Å². The zero-order valence-electron chi connectivity index (χ0n) is 10.6. The molecule has 0 aromatic carbocycles. The molecule has 17 heavy (non-hydrogen) atoms. The smallest absolute Gasteiger partial charge is 0.335 e. The fourth-order valence-electron chi connectivity index (χ4n) is 3.18. The van der Waals surface area contributed by atoms with E-state index in [2.05, 4.69) is 6.58 Å². The van der Waals surface area contributed by atoms with E-state index >= 15 is 0 Å². The van der Waals surface area contributed by atoms with Crippen LogP contribution in [0.15, 0.2) is 12.2 Å². The van der Waals surface area contributed by atoms with E-state index in [1.807, 2.05) is 0 Å². The van der Waals surface area contributed by atoms with E-state index in [1.165, 1.54) is 38.5 Å². The average Bonchev–Trinajstić information content (AvgIpc) is 2.28. The molecule has 2 aliphatic carbocycles. The Balaban J connectivity index is 1.78. The summed E-state index contributed by atoms with van der Waals surface area (Å²) in [7, 11) is 0. The highest BCUT2D eigenvalue weighted by Crippen LogP contribution is 2.41. The van der Waals surface area contributed by atoms with Gasteiger partial charge in [0, 0.05) is 5.57 Å². The topological polar surface area (TPSA) is 35.5 Å². The number of hydrogen-bond acceptors (Lipinski definition) is 3. The van der Waals surface area contributed by atoms with Gasteiger partial charge in [-0.05, 0) is 44.4 Å². The molecule has 0 spiro atoms. The monoisotopic (exact) mass is 238 g/mol. The Morgan fingerprint density at radius 1 is 1.18 bits per heavy atom. The van der Waals surface area contributed by atoms with E-state index in [0.717, 1.165) is 0 Å². The summed E-state index contributed by atoms with van der Waals surface area (Å²) in [5, 5.41) is 0. The standard InChI is InChI=1S/C14H22O3/c1-10(2)14(15)17-9-16-13-11-5-3-6-12(13)8-4-7-11/h11-13H,1,3-9H2,2H3. The van der Waals surface area contributed by atoms with Crippen LogP contribution in [-0.2, 0) is 14.3 Å². The maximum atomic E-state index is 11.2. The molecule has 96 valence electrons. The Bertz CT molecular complexity index is 276. The summed E-state index contributed by atoms with van der Waals surface area (Å²) in [5.41, 5.74) is 0.428. The van der Waals surface area contributed by atoms with Gasteiger partial charge >= 0.3 is 5.97 Å². The van der Waals surface area contributed by atoms with Gasteiger partial charge in [0.1, 0.15) is 0 Å². The van der Waals surface area contributed by atoms with Gasteiger partial charge in [0.25, 0.3) is 0 Å². The van der Waals surface area contributed by atoms with Crippen molar-refractivity contribution in [3.8, 4) is 0 Å². The minimum Gasteiger partial charge on any atom is -0.435 e. The largest absolute Gasteiger partial charge is 0.435 e. The SMILES string of the molecule is C=C(C)C(=O)OCOC1C2CCCC1CCC2. The van der Waals surface area contributed by atoms with E-state index < -0.39 is 0 Å². The van der Waals surface area contributed by atoms with Crippen molar-refractivity contribution in [2.24, 2.45) is 11.8 Å². The Kier molecular flexibility index (Phi) is 4.21. The summed E-state index contributed by atoms with van der Waals surface area (Å²) in [4.78, 5) is 11.2. The van der Waals surface area contributed by atoms with Crippen LogP contribution in [0.4, 0.5) is 0 Å². The molecule has 0 unspecified atom stereocenters. The first-order chi connectivity index (χ1) is 8.18. The fraction of sp³-hybridized carbons (Fsp3) is 0.786. The predicted molar refractivity (Wildman–Crippen MR) is 65.3 cm³/mol. The first-order valence-electron chi connectivity index (χ1n) is 6.62. The van der Waals surface area contributed by atoms with Gasteiger partial charge < -0.3 is 9.47 Å². The van der Waals surface area contributed by atoms with Gasteiger partial charge in [0.05, 0.1) is 6.10 Å². The second kappa shape index (κ2) is 5.67. The Labute approximate surface area is 103 Å². The number of esters is 1. The first-order valence-corrected chi connectivity index (χ1v) is 6.62. The van der Waals surface area contributed by atoms with Crippen molar-refractivity contribution in [1.82, 2.24) is 0 Å². The molecule has 2 rings (SSSR count). The maximum Gasteiger partial charge on any atom is 0.335 e. The van der Waals surface area contributed by atoms with Crippen LogP contribution >= 0.6 is 0 Å². The van der Waals surface area contributed by atoms with Crippen LogP contribution in [0, 0.1) is 11.8 Å². The van der Waals surface area contributed by atoms with Crippen LogP contribution in [0.3, 0.4) is 0 Å². The molecule has 3 nitrogen and oxygen atoms in total. The second-order valence-corrected chi connectivity index (χ2v) is 5.34. The predicted octanol–water partition coefficient (Wildman–Crippen LogP) is 3.05. The van der Waals surface area contributed by atoms with Crippen LogP contribution in [0.25, 0.3) is 0 Å². The number of carbonyl (C=O) groups is 1. The molecule has 3 heteroatoms. The third-order valence-corrected chi connectivity index (χ3v) is 4.03. The van der Waals surface area contributed by atoms with Gasteiger partial charge in [-0.1, -0.05) is 19.4 Å². The number of hydrogen-bond donors (Lipinski definition) is 0. The molecule has 0 aromatic heterocycles. The molecule has 2 fully saturated rings. The Hall–Kier alpha value is -0.830. The van der Waals surface area contributed by atoms with Gasteiger partial charge in [0.2, 0.25) is 0 Å². The van der Waals surface area contributed by atoms with Gasteiger partial charge in [-0.3, -0.25) is 0 Å². The molecular weight excluding hydrogens is 216 g/mol. The minimum atomic E-state index is -0.356. The van der Waals surface area contributed by atoms with E-state index in [-0.39, 0.29) is 12.8 Å². The molecular formula is C14H22O3. The summed E-state index contributed by atoms with van der Waals surface area (Å²) in [6.45, 7) is 5.28. The molecule has 2 aliphatic rings. The van der Waals surface area contributed by atoms with E-state index in [9.17, 15) is 4.79 Å². The number of fused-ring (bicyclic) bond motifs is 2. The lowest BCUT2D eigenvalue weighted by Crippen LogP contribution is -2.39. The average molecular weight is 238 g/mol. The van der Waals surface area contributed by atoms with Crippen molar-refractivity contribution < 1.29 is 14.3 Å². The summed E-state index contributed by atoms with van der Waals surface area (Å²) >= 11 is 0. The van der Waals surface area contributed by atoms with Gasteiger partial charge in [-0.2, -0.15) is 0 Å². The molecule has 0 heterocycles. The third kappa shape index (κ3) is 3.09. The van der Waals surface area contributed by atoms with Gasteiger partial charge in [-0.15, -0.1) is 0 Å². The molecule has 0 radical (unpaired) electrons. The number of ether oxygens (including phenoxy) is 2. The van der Waals surface area contributed by atoms with Crippen LogP contribution in [0.1, 0.15) is 45.4 Å². The molecule has 0 saturated heterocycles. The van der Waals surface area contributed by atoms with Crippen molar-refractivity contribution in [2.45, 2.75) is 51.6 Å². The zero-order chi connectivity index (χ0) is 12.3. The molecule has 2 saturated carbocycles. The number of rotatable bonds is 4. The van der Waals surface area contributed by atoms with Crippen LogP contribution in [0.2, 0.25) is 0 Å². The molecule has 2 bridgehead atoms. The summed E-state index contributed by atoms with van der Waals surface area (Å²) < 4.78 is 10.8. The summed E-state index contributed by atoms with van der Waals surface area (Å²) in [6, 6.07) is 0. The highest BCUT2D eigenvalue weighted by atomic mass is 16.7. The lowest BCUT2D eigenvalue weighted by molar-refractivity contribution is -0.169. The summed E-state index contributed by atoms with van der Waals surface area (Å²) in [5.74, 6) is 1.02. The van der Waals surface area contributed by atoms with Crippen molar-refractivity contribution in [1.29, 1.82) is 0 Å². The first kappa shape index (κ1) is 12.6. The quantitative estimate of drug-likeness (QED) is 0.429. The molecule has 0 aromatic rings. The van der Waals surface area contributed by atoms with E-state index in [1.54, 1.807) is 6.92 Å². The molecule has 0 atom stereocenters. The second-order valence-electron chi connectivity index (χ2n) is 5.34. The summed E-state index contributed by atoms with van der Waals surface area (Å²) in [6.07, 6.45) is 8.08. The van der Waals surface area contributed by atoms with Crippen LogP contribution in [-0.4, -0.2) is 18.9 Å². The van der Waals surface area contributed by atoms with Crippen LogP contribution < -0.4 is 0 Å². The number of carbonyl (C=O) groups excluding carboxylic acids is 1. The van der Waals surface area contributed by atoms with Crippen LogP contribution in [0.5, 0.6) is 0 Å².